The van der Waals surface area contributed by atoms with Crippen molar-refractivity contribution in [1.29, 1.82) is 0 Å². The van der Waals surface area contributed by atoms with Crippen LogP contribution in [0.3, 0.4) is 0 Å². The zero-order chi connectivity index (χ0) is 26.1. The molecule has 0 atom stereocenters. The first kappa shape index (κ1) is 25.2. The quantitative estimate of drug-likeness (QED) is 0.356. The molecule has 1 saturated heterocycles. The number of aryl methyl sites for hydroxylation is 1. The lowest BCUT2D eigenvalue weighted by Crippen LogP contribution is -2.45. The fraction of sp³-hybridized carbons (Fsp3) is 0.393. The van der Waals surface area contributed by atoms with E-state index in [0.717, 1.165) is 56.7 Å². The molecular weight excluding hydrogens is 472 g/mol. The van der Waals surface area contributed by atoms with Gasteiger partial charge in [-0.15, -0.1) is 0 Å². The molecule has 0 saturated carbocycles. The van der Waals surface area contributed by atoms with Crippen LogP contribution in [0.1, 0.15) is 38.1 Å². The zero-order valence-corrected chi connectivity index (χ0v) is 21.8. The average Bonchev–Trinajstić information content (AvgIpc) is 3.23. The Labute approximate surface area is 216 Å². The number of fused-ring (bicyclic) bond motifs is 1. The van der Waals surface area contributed by atoms with E-state index in [1.807, 2.05) is 49.7 Å². The summed E-state index contributed by atoms with van der Waals surface area (Å²) in [7, 11) is 0. The summed E-state index contributed by atoms with van der Waals surface area (Å²) in [5.41, 5.74) is 3.19. The van der Waals surface area contributed by atoms with Crippen molar-refractivity contribution in [3.63, 3.8) is 0 Å². The van der Waals surface area contributed by atoms with Crippen LogP contribution in [0.4, 0.5) is 20.5 Å². The van der Waals surface area contributed by atoms with Gasteiger partial charge >= 0.3 is 0 Å². The second-order valence-corrected chi connectivity index (χ2v) is 9.92. The molecule has 0 amide bonds. The van der Waals surface area contributed by atoms with Gasteiger partial charge in [0.25, 0.3) is 0 Å². The van der Waals surface area contributed by atoms with Gasteiger partial charge in [0.1, 0.15) is 17.3 Å². The van der Waals surface area contributed by atoms with Crippen LogP contribution >= 0.6 is 0 Å². The molecule has 0 radical (unpaired) electrons. The summed E-state index contributed by atoms with van der Waals surface area (Å²) >= 11 is 0. The number of anilines is 2. The molecule has 7 nitrogen and oxygen atoms in total. The number of nitrogens with zero attached hydrogens (tertiary/aromatic N) is 6. The van der Waals surface area contributed by atoms with Crippen LogP contribution < -0.4 is 5.32 Å². The molecule has 1 aliphatic heterocycles. The lowest BCUT2D eigenvalue weighted by Gasteiger charge is -2.33. The highest BCUT2D eigenvalue weighted by Gasteiger charge is 2.18. The van der Waals surface area contributed by atoms with Crippen molar-refractivity contribution in [3.05, 3.63) is 65.6 Å². The fourth-order valence-electron chi connectivity index (χ4n) is 5.09. The Morgan fingerprint density at radius 2 is 1.70 bits per heavy atom. The van der Waals surface area contributed by atoms with Gasteiger partial charge in [-0.3, -0.25) is 4.90 Å². The van der Waals surface area contributed by atoms with E-state index < -0.39 is 11.6 Å². The van der Waals surface area contributed by atoms with Crippen LogP contribution in [0.25, 0.3) is 22.2 Å². The highest BCUT2D eigenvalue weighted by atomic mass is 19.1. The minimum atomic E-state index is -0.616. The number of aromatic nitrogens is 4. The van der Waals surface area contributed by atoms with Gasteiger partial charge < -0.3 is 14.8 Å². The second-order valence-electron chi connectivity index (χ2n) is 9.92. The summed E-state index contributed by atoms with van der Waals surface area (Å²) in [5, 5.41) is 3.57. The van der Waals surface area contributed by atoms with Crippen LogP contribution in [-0.2, 0) is 6.54 Å². The topological polar surface area (TPSA) is 62.1 Å². The Morgan fingerprint density at radius 3 is 2.38 bits per heavy atom. The monoisotopic (exact) mass is 505 g/mol. The molecule has 4 aromatic rings. The van der Waals surface area contributed by atoms with Gasteiger partial charge in [-0.25, -0.2) is 23.7 Å². The molecule has 0 spiro atoms. The number of halogens is 2. The summed E-state index contributed by atoms with van der Waals surface area (Å²) in [5.74, 6) is -0.266. The van der Waals surface area contributed by atoms with Gasteiger partial charge in [-0.1, -0.05) is 13.0 Å². The number of benzene rings is 1. The van der Waals surface area contributed by atoms with E-state index in [9.17, 15) is 4.39 Å². The van der Waals surface area contributed by atoms with Crippen LogP contribution in [0.15, 0.2) is 42.7 Å². The van der Waals surface area contributed by atoms with Crippen molar-refractivity contribution in [1.82, 2.24) is 29.3 Å². The third kappa shape index (κ3) is 5.33. The number of hydrogen-bond acceptors (Lipinski definition) is 6. The number of rotatable bonds is 7. The largest absolute Gasteiger partial charge is 0.342 e. The SMILES string of the molecule is CCN1CCN(Cc2ccc(Nc3ncc(F)c(-c4cc(F)c5cc(C)n(C(C)C)c5c4)n3)nc2)CC1. The molecule has 3 aromatic heterocycles. The van der Waals surface area contributed by atoms with E-state index in [1.54, 1.807) is 6.07 Å². The zero-order valence-electron chi connectivity index (χ0n) is 21.8. The second kappa shape index (κ2) is 10.5. The van der Waals surface area contributed by atoms with Gasteiger partial charge in [-0.2, -0.15) is 0 Å². The first-order chi connectivity index (χ1) is 17.8. The van der Waals surface area contributed by atoms with Crippen molar-refractivity contribution in [3.8, 4) is 11.3 Å². The molecule has 9 heteroatoms. The predicted octanol–water partition coefficient (Wildman–Crippen LogP) is 5.54. The lowest BCUT2D eigenvalue weighted by molar-refractivity contribution is 0.132. The third-order valence-corrected chi connectivity index (χ3v) is 7.02. The molecule has 0 unspecified atom stereocenters. The van der Waals surface area contributed by atoms with E-state index in [4.69, 9.17) is 0 Å². The highest BCUT2D eigenvalue weighted by molar-refractivity contribution is 5.87. The van der Waals surface area contributed by atoms with Crippen LogP contribution in [0.2, 0.25) is 0 Å². The Balaban J connectivity index is 1.35. The van der Waals surface area contributed by atoms with Crippen LogP contribution in [-0.4, -0.2) is 62.0 Å². The minimum absolute atomic E-state index is 0.0373. The molecule has 194 valence electrons. The summed E-state index contributed by atoms with van der Waals surface area (Å²) in [6.07, 6.45) is 2.94. The Kier molecular flexibility index (Phi) is 7.17. The summed E-state index contributed by atoms with van der Waals surface area (Å²) in [6, 6.07) is 8.96. The number of nitrogens with one attached hydrogen (secondary N) is 1. The van der Waals surface area contributed by atoms with Gasteiger partial charge in [0.05, 0.1) is 11.7 Å². The molecule has 1 aromatic carbocycles. The smallest absolute Gasteiger partial charge is 0.229 e. The molecule has 0 aliphatic carbocycles. The molecule has 1 fully saturated rings. The van der Waals surface area contributed by atoms with Crippen molar-refractivity contribution in [2.24, 2.45) is 0 Å². The first-order valence-corrected chi connectivity index (χ1v) is 12.8. The van der Waals surface area contributed by atoms with E-state index in [-0.39, 0.29) is 17.7 Å². The van der Waals surface area contributed by atoms with Gasteiger partial charge in [0.15, 0.2) is 5.82 Å². The molecule has 4 heterocycles. The first-order valence-electron chi connectivity index (χ1n) is 12.8. The highest BCUT2D eigenvalue weighted by Crippen LogP contribution is 2.32. The normalized spacial score (nSPS) is 15.1. The maximum absolute atomic E-state index is 15.0. The van der Waals surface area contributed by atoms with Crippen LogP contribution in [0, 0.1) is 18.6 Å². The predicted molar refractivity (Wildman–Crippen MR) is 143 cm³/mol. The van der Waals surface area contributed by atoms with E-state index in [2.05, 4.69) is 37.0 Å². The summed E-state index contributed by atoms with van der Waals surface area (Å²) in [6.45, 7) is 14.4. The summed E-state index contributed by atoms with van der Waals surface area (Å²) in [4.78, 5) is 17.8. The molecular formula is C28H33F2N7. The number of likely N-dealkylation sites (N-methyl/N-ethyl adjacent to an activating group) is 1. The minimum Gasteiger partial charge on any atom is -0.342 e. The Bertz CT molecular complexity index is 1390. The average molecular weight is 506 g/mol. The molecule has 37 heavy (non-hydrogen) atoms. The van der Waals surface area contributed by atoms with Crippen molar-refractivity contribution >= 4 is 22.7 Å². The van der Waals surface area contributed by atoms with Gasteiger partial charge in [0, 0.05) is 61.6 Å². The van der Waals surface area contributed by atoms with Gasteiger partial charge in [0.2, 0.25) is 5.95 Å². The van der Waals surface area contributed by atoms with Crippen LogP contribution in [0.5, 0.6) is 0 Å². The maximum atomic E-state index is 15.0. The molecule has 0 bridgehead atoms. The number of hydrogen-bond donors (Lipinski definition) is 1. The van der Waals surface area contributed by atoms with E-state index >= 15 is 4.39 Å². The van der Waals surface area contributed by atoms with Gasteiger partial charge in [-0.05, 0) is 57.1 Å². The van der Waals surface area contributed by atoms with E-state index in [1.165, 1.54) is 6.07 Å². The number of pyridine rings is 1. The fourth-order valence-corrected chi connectivity index (χ4v) is 5.09. The Morgan fingerprint density at radius 1 is 0.946 bits per heavy atom. The van der Waals surface area contributed by atoms with Crippen molar-refractivity contribution in [2.75, 3.05) is 38.0 Å². The lowest BCUT2D eigenvalue weighted by atomic mass is 10.1. The molecule has 1 aliphatic rings. The third-order valence-electron chi connectivity index (χ3n) is 7.02. The maximum Gasteiger partial charge on any atom is 0.229 e. The van der Waals surface area contributed by atoms with E-state index in [0.29, 0.717) is 22.3 Å². The number of piperazine rings is 1. The van der Waals surface area contributed by atoms with Crippen molar-refractivity contribution < 1.29 is 8.78 Å². The molecule has 1 N–H and O–H groups in total. The molecule has 5 rings (SSSR count). The summed E-state index contributed by atoms with van der Waals surface area (Å²) < 4.78 is 31.8. The standard InChI is InChI=1S/C28H33F2N7/c1-5-35-8-10-36(11-9-35)17-20-6-7-26(31-15-20)33-28-32-16-24(30)27(34-28)21-13-23(29)22-12-19(4)37(18(2)3)25(22)14-21/h6-7,12-16,18H,5,8-11,17H2,1-4H3,(H,31,32,33,34). The van der Waals surface area contributed by atoms with Crippen molar-refractivity contribution in [2.45, 2.75) is 40.3 Å². The Hall–Kier alpha value is -3.43.